The summed E-state index contributed by atoms with van der Waals surface area (Å²) in [5.74, 6) is -0.0688. The van der Waals surface area contributed by atoms with Crippen molar-refractivity contribution in [2.75, 3.05) is 0 Å². The third-order valence-corrected chi connectivity index (χ3v) is 2.02. The molecule has 82 valence electrons. The van der Waals surface area contributed by atoms with E-state index in [1.54, 1.807) is 20.8 Å². The number of carbonyl (C=O) groups excluding carboxylic acids is 1. The quantitative estimate of drug-likeness (QED) is 0.472. The summed E-state index contributed by atoms with van der Waals surface area (Å²) in [5.41, 5.74) is 4.56. The van der Waals surface area contributed by atoms with Gasteiger partial charge in [0.25, 0.3) is 0 Å². The molecule has 0 saturated carbocycles. The monoisotopic (exact) mass is 201 g/mol. The van der Waals surface area contributed by atoms with E-state index in [4.69, 9.17) is 15.9 Å². The Morgan fingerprint density at radius 1 is 1.64 bits per heavy atom. The third-order valence-electron chi connectivity index (χ3n) is 2.02. The SMILES string of the molecule is CCC(C)(NC(=O)OC(C)C)C(=N)N. The van der Waals surface area contributed by atoms with Gasteiger partial charge in [0.05, 0.1) is 11.6 Å². The number of hydrogen-bond acceptors (Lipinski definition) is 3. The number of alkyl carbamates (subject to hydrolysis) is 1. The smallest absolute Gasteiger partial charge is 0.408 e. The van der Waals surface area contributed by atoms with Crippen LogP contribution < -0.4 is 11.1 Å². The van der Waals surface area contributed by atoms with Crippen molar-refractivity contribution in [1.82, 2.24) is 5.32 Å². The molecule has 0 aliphatic heterocycles. The van der Waals surface area contributed by atoms with Gasteiger partial charge in [0.2, 0.25) is 0 Å². The van der Waals surface area contributed by atoms with Crippen LogP contribution in [0.5, 0.6) is 0 Å². The van der Waals surface area contributed by atoms with Crippen LogP contribution in [-0.4, -0.2) is 23.6 Å². The Labute approximate surface area is 84.5 Å². The van der Waals surface area contributed by atoms with Crippen LogP contribution in [0.15, 0.2) is 0 Å². The number of nitrogens with one attached hydrogen (secondary N) is 2. The Kier molecular flexibility index (Phi) is 4.40. The maximum Gasteiger partial charge on any atom is 0.408 e. The van der Waals surface area contributed by atoms with Gasteiger partial charge in [-0.2, -0.15) is 0 Å². The van der Waals surface area contributed by atoms with E-state index in [-0.39, 0.29) is 11.9 Å². The summed E-state index contributed by atoms with van der Waals surface area (Å²) >= 11 is 0. The van der Waals surface area contributed by atoms with Crippen LogP contribution in [0.3, 0.4) is 0 Å². The molecule has 0 saturated heterocycles. The molecule has 14 heavy (non-hydrogen) atoms. The zero-order valence-corrected chi connectivity index (χ0v) is 9.18. The molecule has 0 bridgehead atoms. The molecule has 5 nitrogen and oxygen atoms in total. The lowest BCUT2D eigenvalue weighted by atomic mass is 9.98. The fourth-order valence-corrected chi connectivity index (χ4v) is 0.815. The summed E-state index contributed by atoms with van der Waals surface area (Å²) < 4.78 is 4.90. The Bertz CT molecular complexity index is 228. The van der Waals surface area contributed by atoms with Gasteiger partial charge >= 0.3 is 6.09 Å². The molecular weight excluding hydrogens is 182 g/mol. The summed E-state index contributed by atoms with van der Waals surface area (Å²) in [6, 6.07) is 0. The Balaban J connectivity index is 4.32. The van der Waals surface area contributed by atoms with Gasteiger partial charge in [0.15, 0.2) is 0 Å². The Morgan fingerprint density at radius 3 is 2.43 bits per heavy atom. The molecule has 0 spiro atoms. The van der Waals surface area contributed by atoms with Crippen LogP contribution in [0.2, 0.25) is 0 Å². The topological polar surface area (TPSA) is 88.2 Å². The number of amidine groups is 1. The minimum atomic E-state index is -0.814. The predicted molar refractivity (Wildman–Crippen MR) is 55.4 cm³/mol. The molecule has 0 aromatic heterocycles. The summed E-state index contributed by atoms with van der Waals surface area (Å²) in [5, 5.41) is 9.89. The highest BCUT2D eigenvalue weighted by Gasteiger charge is 2.28. The molecule has 1 amide bonds. The van der Waals surface area contributed by atoms with Crippen molar-refractivity contribution in [1.29, 1.82) is 5.41 Å². The number of rotatable bonds is 4. The molecule has 1 unspecified atom stereocenters. The molecule has 0 rings (SSSR count). The summed E-state index contributed by atoms with van der Waals surface area (Å²) in [4.78, 5) is 11.2. The minimum absolute atomic E-state index is 0.0688. The number of amides is 1. The van der Waals surface area contributed by atoms with Crippen LogP contribution >= 0.6 is 0 Å². The summed E-state index contributed by atoms with van der Waals surface area (Å²) in [7, 11) is 0. The fraction of sp³-hybridized carbons (Fsp3) is 0.778. The van der Waals surface area contributed by atoms with Crippen molar-refractivity contribution in [3.05, 3.63) is 0 Å². The minimum Gasteiger partial charge on any atom is -0.447 e. The third kappa shape index (κ3) is 3.64. The molecule has 0 aliphatic carbocycles. The number of ether oxygens (including phenoxy) is 1. The second-order valence-corrected chi connectivity index (χ2v) is 3.68. The van der Waals surface area contributed by atoms with E-state index < -0.39 is 11.6 Å². The highest BCUT2D eigenvalue weighted by atomic mass is 16.6. The second-order valence-electron chi connectivity index (χ2n) is 3.68. The fourth-order valence-electron chi connectivity index (χ4n) is 0.815. The van der Waals surface area contributed by atoms with Crippen molar-refractivity contribution in [3.8, 4) is 0 Å². The molecular formula is C9H19N3O2. The van der Waals surface area contributed by atoms with Crippen molar-refractivity contribution < 1.29 is 9.53 Å². The maximum absolute atomic E-state index is 11.2. The van der Waals surface area contributed by atoms with E-state index in [2.05, 4.69) is 5.32 Å². The predicted octanol–water partition coefficient (Wildman–Crippen LogP) is 1.23. The highest BCUT2D eigenvalue weighted by Crippen LogP contribution is 2.08. The number of carbonyl (C=O) groups is 1. The molecule has 0 fully saturated rings. The average Bonchev–Trinajstić information content (AvgIpc) is 2.01. The molecule has 0 aromatic carbocycles. The molecule has 5 heteroatoms. The first-order valence-electron chi connectivity index (χ1n) is 4.65. The van der Waals surface area contributed by atoms with Gasteiger partial charge in [0, 0.05) is 0 Å². The zero-order valence-electron chi connectivity index (χ0n) is 9.18. The first-order valence-corrected chi connectivity index (χ1v) is 4.65. The second kappa shape index (κ2) is 4.83. The Hall–Kier alpha value is -1.26. The van der Waals surface area contributed by atoms with Gasteiger partial charge in [-0.25, -0.2) is 4.79 Å². The van der Waals surface area contributed by atoms with Gasteiger partial charge < -0.3 is 15.8 Å². The normalized spacial score (nSPS) is 14.6. The summed E-state index contributed by atoms with van der Waals surface area (Å²) in [6.45, 7) is 7.06. The molecule has 0 aliphatic rings. The van der Waals surface area contributed by atoms with E-state index >= 15 is 0 Å². The lowest BCUT2D eigenvalue weighted by Gasteiger charge is -2.27. The zero-order chi connectivity index (χ0) is 11.4. The van der Waals surface area contributed by atoms with Crippen LogP contribution in [0.1, 0.15) is 34.1 Å². The van der Waals surface area contributed by atoms with Gasteiger partial charge in [-0.3, -0.25) is 5.41 Å². The van der Waals surface area contributed by atoms with Crippen molar-refractivity contribution in [2.45, 2.75) is 45.8 Å². The Morgan fingerprint density at radius 2 is 2.14 bits per heavy atom. The number of hydrogen-bond donors (Lipinski definition) is 3. The van der Waals surface area contributed by atoms with Gasteiger partial charge in [-0.1, -0.05) is 6.92 Å². The first kappa shape index (κ1) is 12.7. The number of nitrogens with two attached hydrogens (primary N) is 1. The van der Waals surface area contributed by atoms with Crippen LogP contribution in [-0.2, 0) is 4.74 Å². The van der Waals surface area contributed by atoms with Gasteiger partial charge in [-0.15, -0.1) is 0 Å². The standard InChI is InChI=1S/C9H19N3O2/c1-5-9(4,7(10)11)12-8(13)14-6(2)3/h6H,5H2,1-4H3,(H3,10,11)(H,12,13). The van der Waals surface area contributed by atoms with E-state index in [9.17, 15) is 4.79 Å². The lowest BCUT2D eigenvalue weighted by molar-refractivity contribution is 0.109. The van der Waals surface area contributed by atoms with Crippen LogP contribution in [0.25, 0.3) is 0 Å². The highest BCUT2D eigenvalue weighted by molar-refractivity contribution is 5.90. The van der Waals surface area contributed by atoms with Gasteiger partial charge in [0.1, 0.15) is 5.84 Å². The lowest BCUT2D eigenvalue weighted by Crippen LogP contribution is -2.54. The van der Waals surface area contributed by atoms with Crippen LogP contribution in [0.4, 0.5) is 4.79 Å². The van der Waals surface area contributed by atoms with Crippen LogP contribution in [0, 0.1) is 5.41 Å². The maximum atomic E-state index is 11.2. The van der Waals surface area contributed by atoms with E-state index in [0.717, 1.165) is 0 Å². The van der Waals surface area contributed by atoms with E-state index in [1.807, 2.05) is 6.92 Å². The van der Waals surface area contributed by atoms with Gasteiger partial charge in [-0.05, 0) is 27.2 Å². The van der Waals surface area contributed by atoms with E-state index in [1.165, 1.54) is 0 Å². The van der Waals surface area contributed by atoms with E-state index in [0.29, 0.717) is 6.42 Å². The van der Waals surface area contributed by atoms with Crippen molar-refractivity contribution in [3.63, 3.8) is 0 Å². The molecule has 0 heterocycles. The largest absolute Gasteiger partial charge is 0.447 e. The molecule has 0 aromatic rings. The molecule has 0 radical (unpaired) electrons. The summed E-state index contributed by atoms with van der Waals surface area (Å²) in [6.07, 6.45) is -0.169. The van der Waals surface area contributed by atoms with Crippen molar-refractivity contribution >= 4 is 11.9 Å². The van der Waals surface area contributed by atoms with Crippen molar-refractivity contribution in [2.24, 2.45) is 5.73 Å². The molecule has 1 atom stereocenters. The first-order chi connectivity index (χ1) is 6.31. The average molecular weight is 201 g/mol. The molecule has 4 N–H and O–H groups in total.